The second kappa shape index (κ2) is 17.2. The molecule has 2 saturated heterocycles. The number of phosphoric acid groups is 2. The predicted octanol–water partition coefficient (Wildman–Crippen LogP) is 1.43. The maximum Gasteiger partial charge on any atom is 0.481 e. The van der Waals surface area contributed by atoms with Crippen molar-refractivity contribution >= 4 is 38.7 Å². The van der Waals surface area contributed by atoms with Gasteiger partial charge in [-0.25, -0.2) is 28.9 Å². The lowest BCUT2D eigenvalue weighted by atomic mass is 10.1. The number of benzene rings is 1. The van der Waals surface area contributed by atoms with Gasteiger partial charge in [0.2, 0.25) is 0 Å². The molecule has 0 aliphatic carbocycles. The Hall–Kier alpha value is -3.10. The molecule has 7 N–H and O–H groups in total. The molecule has 0 spiro atoms. The number of aromatic nitrogens is 4. The summed E-state index contributed by atoms with van der Waals surface area (Å²) in [6.07, 6.45) is -3.13. The summed E-state index contributed by atoms with van der Waals surface area (Å²) >= 11 is 0. The van der Waals surface area contributed by atoms with E-state index in [1.54, 1.807) is 30.3 Å². The van der Waals surface area contributed by atoms with Crippen LogP contribution in [-0.4, -0.2) is 124 Å². The number of anilines is 1. The van der Waals surface area contributed by atoms with Crippen LogP contribution in [0.5, 0.6) is 0 Å². The number of imidazole rings is 1. The number of nitrogens with zero attached hydrogens (tertiary/aromatic N) is 5. The van der Waals surface area contributed by atoms with Gasteiger partial charge in [-0.2, -0.15) is 4.31 Å². The topological polar surface area (TPSA) is 278 Å². The fourth-order valence-electron chi connectivity index (χ4n) is 5.62. The first kappa shape index (κ1) is 39.1. The zero-order chi connectivity index (χ0) is 36.8. The van der Waals surface area contributed by atoms with Gasteiger partial charge in [-0.15, -0.1) is 0 Å². The summed E-state index contributed by atoms with van der Waals surface area (Å²) in [6, 6.07) is 7.25. The molecule has 2 aliphatic heterocycles. The van der Waals surface area contributed by atoms with Crippen LogP contribution in [0, 0.1) is 0 Å². The summed E-state index contributed by atoms with van der Waals surface area (Å²) in [5, 5.41) is 45.1. The van der Waals surface area contributed by atoms with Gasteiger partial charge in [0.25, 0.3) is 0 Å². The van der Waals surface area contributed by atoms with Crippen LogP contribution in [0.4, 0.5) is 10.6 Å². The minimum atomic E-state index is -5.41. The number of phosphoric ester groups is 2. The van der Waals surface area contributed by atoms with Crippen molar-refractivity contribution in [3.05, 3.63) is 48.5 Å². The number of ether oxygens (including phenoxy) is 2. The van der Waals surface area contributed by atoms with Crippen molar-refractivity contribution < 1.29 is 67.0 Å². The third-order valence-electron chi connectivity index (χ3n) is 8.32. The number of β-amino-alcohol motifs (C(OH)–C–C–N with tert-alkyl or cyclic N) is 1. The maximum absolute atomic E-state index is 12.7. The summed E-state index contributed by atoms with van der Waals surface area (Å²) in [7, 11) is -10.8. The molecule has 0 radical (unpaired) electrons. The number of nitrogens with one attached hydrogen (secondary N) is 1. The third-order valence-corrected chi connectivity index (χ3v) is 10.9. The van der Waals surface area contributed by atoms with Crippen LogP contribution in [0.1, 0.15) is 44.4 Å². The SMILES string of the molecule is CCCCCCNc1ncnc2c1ncn2[C@@H]1O[C@H](COP(=O)(O)OP(=O)(O)OC[C@@H]2[C@@H](O)[C@@H](O)CN2C(=O)OCc2ccccc2)[C@@H](O)[C@H]1O. The molecular weight excluding hydrogens is 718 g/mol. The minimum Gasteiger partial charge on any atom is -0.445 e. The molecule has 2 aromatic heterocycles. The van der Waals surface area contributed by atoms with Crippen LogP contribution >= 0.6 is 15.6 Å². The second-order valence-electron chi connectivity index (χ2n) is 12.0. The number of amides is 1. The minimum absolute atomic E-state index is 0.134. The van der Waals surface area contributed by atoms with Crippen molar-refractivity contribution in [2.45, 2.75) is 82.0 Å². The number of aliphatic hydroxyl groups is 4. The van der Waals surface area contributed by atoms with E-state index in [4.69, 9.17) is 18.5 Å². The second-order valence-corrected chi connectivity index (χ2v) is 15.1. The summed E-state index contributed by atoms with van der Waals surface area (Å²) < 4.78 is 51.5. The van der Waals surface area contributed by atoms with Gasteiger partial charge in [-0.3, -0.25) is 18.5 Å². The number of hydrogen-bond donors (Lipinski definition) is 7. The predicted molar refractivity (Wildman–Crippen MR) is 176 cm³/mol. The van der Waals surface area contributed by atoms with Crippen molar-refractivity contribution in [3.63, 3.8) is 0 Å². The lowest BCUT2D eigenvalue weighted by molar-refractivity contribution is -0.0504. The van der Waals surface area contributed by atoms with Gasteiger partial charge in [-0.05, 0) is 12.0 Å². The van der Waals surface area contributed by atoms with Gasteiger partial charge in [-0.1, -0.05) is 56.5 Å². The highest BCUT2D eigenvalue weighted by Crippen LogP contribution is 2.60. The number of fused-ring (bicyclic) bond motifs is 1. The highest BCUT2D eigenvalue weighted by molar-refractivity contribution is 7.61. The molecule has 2 unspecified atom stereocenters. The lowest BCUT2D eigenvalue weighted by Crippen LogP contribution is -2.43. The van der Waals surface area contributed by atoms with Gasteiger partial charge in [0.15, 0.2) is 23.2 Å². The van der Waals surface area contributed by atoms with Crippen molar-refractivity contribution in [2.24, 2.45) is 0 Å². The highest BCUT2D eigenvalue weighted by Gasteiger charge is 2.48. The van der Waals surface area contributed by atoms with Gasteiger partial charge in [0.1, 0.15) is 37.4 Å². The first-order valence-corrected chi connectivity index (χ1v) is 19.2. The first-order valence-electron chi connectivity index (χ1n) is 16.2. The van der Waals surface area contributed by atoms with E-state index in [9.17, 15) is 44.1 Å². The Morgan fingerprint density at radius 2 is 1.69 bits per heavy atom. The van der Waals surface area contributed by atoms with Crippen LogP contribution < -0.4 is 5.32 Å². The van der Waals surface area contributed by atoms with Crippen molar-refractivity contribution in [1.82, 2.24) is 24.4 Å². The molecule has 51 heavy (non-hydrogen) atoms. The monoisotopic (exact) mass is 760 g/mol. The summed E-state index contributed by atoms with van der Waals surface area (Å²) in [5.74, 6) is 0.464. The smallest absolute Gasteiger partial charge is 0.445 e. The van der Waals surface area contributed by atoms with E-state index < -0.39 is 84.3 Å². The Bertz CT molecular complexity index is 1700. The molecule has 5 rings (SSSR count). The number of unbranched alkanes of at least 4 members (excludes halogenated alkanes) is 3. The third kappa shape index (κ3) is 9.87. The van der Waals surface area contributed by atoms with Crippen molar-refractivity contribution in [1.29, 1.82) is 0 Å². The normalized spacial score (nSPS) is 27.4. The Kier molecular flexibility index (Phi) is 13.2. The Labute approximate surface area is 292 Å². The van der Waals surface area contributed by atoms with E-state index in [2.05, 4.69) is 31.5 Å². The molecule has 0 bridgehead atoms. The van der Waals surface area contributed by atoms with Crippen LogP contribution in [0.25, 0.3) is 11.2 Å². The average Bonchev–Trinajstić information content (AvgIpc) is 3.74. The van der Waals surface area contributed by atoms with E-state index in [0.29, 0.717) is 23.4 Å². The Morgan fingerprint density at radius 3 is 2.41 bits per heavy atom. The molecule has 2 fully saturated rings. The van der Waals surface area contributed by atoms with Crippen molar-refractivity contribution in [3.8, 4) is 0 Å². The van der Waals surface area contributed by atoms with Gasteiger partial charge in [0, 0.05) is 6.54 Å². The molecule has 0 saturated carbocycles. The average molecular weight is 761 g/mol. The van der Waals surface area contributed by atoms with E-state index in [-0.39, 0.29) is 12.3 Å². The van der Waals surface area contributed by atoms with E-state index >= 15 is 0 Å². The lowest BCUT2D eigenvalue weighted by Gasteiger charge is -2.26. The molecule has 4 heterocycles. The molecule has 20 nitrogen and oxygen atoms in total. The molecule has 282 valence electrons. The number of carbonyl (C=O) groups excluding carboxylic acids is 1. The fourth-order valence-corrected chi connectivity index (χ4v) is 7.72. The first-order chi connectivity index (χ1) is 24.3. The van der Waals surface area contributed by atoms with Crippen LogP contribution in [0.15, 0.2) is 43.0 Å². The standard InChI is InChI=1S/C29H42N6O14P2/c1-2-3-4-8-11-30-26-22-27(32-16-31-26)35(17-33-22)28-25(39)24(38)21(48-28)15-47-51(43,44)49-50(41,42)46-14-19-23(37)20(36)12-34(19)29(40)45-13-18-9-6-5-7-10-18/h5-7,9-10,16-17,19-21,23-25,28,36-39H,2-4,8,11-15H2,1H3,(H,41,42)(H,43,44)(H,30,31,32)/t19-,20+,21-,23-,24-,25-,28-/m1/s1. The summed E-state index contributed by atoms with van der Waals surface area (Å²) in [5.41, 5.74) is 1.32. The summed E-state index contributed by atoms with van der Waals surface area (Å²) in [4.78, 5) is 46.7. The number of aliphatic hydroxyl groups excluding tert-OH is 4. The number of hydrogen-bond acceptors (Lipinski definition) is 16. The van der Waals surface area contributed by atoms with Gasteiger partial charge < -0.3 is 45.0 Å². The fraction of sp³-hybridized carbons (Fsp3) is 0.586. The zero-order valence-electron chi connectivity index (χ0n) is 27.5. The van der Waals surface area contributed by atoms with E-state index in [0.717, 1.165) is 30.6 Å². The molecule has 9 atom stereocenters. The van der Waals surface area contributed by atoms with Crippen molar-refractivity contribution in [2.75, 3.05) is 31.6 Å². The van der Waals surface area contributed by atoms with E-state index in [1.807, 2.05) is 0 Å². The van der Waals surface area contributed by atoms with Crippen LogP contribution in [0.2, 0.25) is 0 Å². The van der Waals surface area contributed by atoms with Crippen LogP contribution in [-0.2, 0) is 38.6 Å². The van der Waals surface area contributed by atoms with Gasteiger partial charge in [0.05, 0.1) is 38.2 Å². The quantitative estimate of drug-likeness (QED) is 0.0757. The summed E-state index contributed by atoms with van der Waals surface area (Å²) in [6.45, 7) is 0.445. The number of rotatable bonds is 17. The molecule has 2 aliphatic rings. The molecule has 1 amide bonds. The van der Waals surface area contributed by atoms with E-state index in [1.165, 1.54) is 17.2 Å². The maximum atomic E-state index is 12.7. The molecule has 3 aromatic rings. The highest BCUT2D eigenvalue weighted by atomic mass is 31.3. The Balaban J connectivity index is 1.14. The number of likely N-dealkylation sites (tertiary alicyclic amines) is 1. The van der Waals surface area contributed by atoms with Gasteiger partial charge >= 0.3 is 21.7 Å². The molecule has 1 aromatic carbocycles. The largest absolute Gasteiger partial charge is 0.481 e. The number of carbonyl (C=O) groups is 1. The molecule has 22 heteroatoms. The van der Waals surface area contributed by atoms with Crippen LogP contribution in [0.3, 0.4) is 0 Å². The zero-order valence-corrected chi connectivity index (χ0v) is 29.3. The Morgan fingerprint density at radius 1 is 0.961 bits per heavy atom. The molecular formula is C29H42N6O14P2.